The van der Waals surface area contributed by atoms with Gasteiger partial charge in [-0.1, -0.05) is 51.5 Å². The van der Waals surface area contributed by atoms with Crippen molar-refractivity contribution in [3.8, 4) is 28.4 Å². The summed E-state index contributed by atoms with van der Waals surface area (Å²) in [5.74, 6) is 0.749. The second-order valence-corrected chi connectivity index (χ2v) is 9.19. The molecule has 3 aromatic carbocycles. The van der Waals surface area contributed by atoms with E-state index >= 15 is 0 Å². The summed E-state index contributed by atoms with van der Waals surface area (Å²) in [4.78, 5) is 11.3. The predicted octanol–water partition coefficient (Wildman–Crippen LogP) is 7.47. The Morgan fingerprint density at radius 1 is 0.972 bits per heavy atom. The Labute approximate surface area is 212 Å². The van der Waals surface area contributed by atoms with E-state index in [1.165, 1.54) is 6.07 Å². The van der Waals surface area contributed by atoms with E-state index in [0.29, 0.717) is 41.6 Å². The number of ether oxygens (including phenoxy) is 3. The number of halogens is 1. The predicted molar refractivity (Wildman–Crippen MR) is 139 cm³/mol. The lowest BCUT2D eigenvalue weighted by atomic mass is 9.86. The Morgan fingerprint density at radius 3 is 2.47 bits per heavy atom. The molecule has 0 saturated carbocycles. The van der Waals surface area contributed by atoms with E-state index < -0.39 is 5.97 Å². The van der Waals surface area contributed by atoms with Crippen molar-refractivity contribution in [2.45, 2.75) is 52.6 Å². The molecule has 0 aliphatic heterocycles. The molecule has 3 rings (SSSR count). The van der Waals surface area contributed by atoms with E-state index in [1.54, 1.807) is 19.2 Å². The lowest BCUT2D eigenvalue weighted by Crippen LogP contribution is -2.12. The molecule has 0 aliphatic rings. The van der Waals surface area contributed by atoms with Gasteiger partial charge in [-0.2, -0.15) is 0 Å². The van der Waals surface area contributed by atoms with Gasteiger partial charge >= 0.3 is 5.97 Å². The number of carbonyl (C=O) groups is 1. The van der Waals surface area contributed by atoms with Gasteiger partial charge in [-0.3, -0.25) is 4.79 Å². The molecule has 0 bridgehead atoms. The normalized spacial score (nSPS) is 11.8. The lowest BCUT2D eigenvalue weighted by Gasteiger charge is -2.20. The molecule has 0 amide bonds. The number of hydrogen-bond acceptors (Lipinski definition) is 4. The fraction of sp³-hybridized carbons (Fsp3) is 0.367. The van der Waals surface area contributed by atoms with Crippen LogP contribution in [0.1, 0.15) is 57.1 Å². The van der Waals surface area contributed by atoms with Crippen LogP contribution in [0.15, 0.2) is 60.7 Å². The van der Waals surface area contributed by atoms with E-state index in [2.05, 4.69) is 6.92 Å². The van der Waals surface area contributed by atoms with Crippen LogP contribution in [-0.2, 0) is 11.4 Å². The monoisotopic (exact) mass is 494 g/mol. The molecule has 6 heteroatoms. The van der Waals surface area contributed by atoms with Gasteiger partial charge in [0.1, 0.15) is 29.7 Å². The highest BCUT2D eigenvalue weighted by Gasteiger charge is 2.20. The fourth-order valence-corrected chi connectivity index (χ4v) is 4.09. The quantitative estimate of drug-likeness (QED) is 0.250. The third-order valence-corrected chi connectivity index (χ3v) is 6.16. The summed E-state index contributed by atoms with van der Waals surface area (Å²) in [5, 5.41) is 9.30. The molecule has 0 spiro atoms. The van der Waals surface area contributed by atoms with Crippen molar-refractivity contribution in [2.24, 2.45) is 5.92 Å². The van der Waals surface area contributed by atoms with Crippen molar-refractivity contribution in [3.63, 3.8) is 0 Å². The summed E-state index contributed by atoms with van der Waals surface area (Å²) >= 11 is 0. The van der Waals surface area contributed by atoms with Gasteiger partial charge in [-0.25, -0.2) is 4.39 Å². The molecule has 0 aromatic heterocycles. The maximum absolute atomic E-state index is 14.7. The molecule has 0 aliphatic carbocycles. The summed E-state index contributed by atoms with van der Waals surface area (Å²) in [6, 6.07) is 17.9. The standard InChI is InChI=1S/C30H35FO5/c1-5-6-14-35-29-15-21(10-12-25(29)27-17-23(34-4)11-13-28(27)31)19-36-24-9-7-8-22(16-24)26(20(2)3)18-30(32)33/h7-13,15-17,20,26H,5-6,14,18-19H2,1-4H3,(H,32,33)/t26-/m1/s1. The van der Waals surface area contributed by atoms with Crippen molar-refractivity contribution >= 4 is 5.97 Å². The number of methoxy groups -OCH3 is 1. The number of rotatable bonds is 13. The molecule has 1 N–H and O–H groups in total. The molecule has 3 aromatic rings. The van der Waals surface area contributed by atoms with Crippen LogP contribution in [0.5, 0.6) is 17.2 Å². The average Bonchev–Trinajstić information content (AvgIpc) is 2.87. The van der Waals surface area contributed by atoms with Gasteiger partial charge in [0, 0.05) is 11.1 Å². The zero-order chi connectivity index (χ0) is 26.1. The topological polar surface area (TPSA) is 65.0 Å². The Morgan fingerprint density at radius 2 is 1.78 bits per heavy atom. The van der Waals surface area contributed by atoms with Crippen LogP contribution in [0.3, 0.4) is 0 Å². The van der Waals surface area contributed by atoms with Crippen molar-refractivity contribution in [2.75, 3.05) is 13.7 Å². The minimum Gasteiger partial charge on any atom is -0.497 e. The van der Waals surface area contributed by atoms with Crippen LogP contribution in [0.2, 0.25) is 0 Å². The van der Waals surface area contributed by atoms with Gasteiger partial charge in [0.05, 0.1) is 20.1 Å². The summed E-state index contributed by atoms with van der Waals surface area (Å²) in [6.07, 6.45) is 1.95. The van der Waals surface area contributed by atoms with Gasteiger partial charge in [0.15, 0.2) is 0 Å². The molecular formula is C30H35FO5. The Balaban J connectivity index is 1.84. The highest BCUT2D eigenvalue weighted by atomic mass is 19.1. The number of unbranched alkanes of at least 4 members (excludes halogenated alkanes) is 1. The van der Waals surface area contributed by atoms with Gasteiger partial charge < -0.3 is 19.3 Å². The van der Waals surface area contributed by atoms with Crippen LogP contribution >= 0.6 is 0 Å². The molecule has 0 heterocycles. The average molecular weight is 495 g/mol. The van der Waals surface area contributed by atoms with E-state index in [-0.39, 0.29) is 24.1 Å². The molecule has 0 fully saturated rings. The second-order valence-electron chi connectivity index (χ2n) is 9.19. The third-order valence-electron chi connectivity index (χ3n) is 6.16. The van der Waals surface area contributed by atoms with Gasteiger partial charge in [-0.05, 0) is 65.8 Å². The first kappa shape index (κ1) is 27.1. The summed E-state index contributed by atoms with van der Waals surface area (Å²) in [7, 11) is 1.55. The number of aliphatic carboxylic acids is 1. The van der Waals surface area contributed by atoms with Crippen LogP contribution < -0.4 is 14.2 Å². The minimum absolute atomic E-state index is 0.0713. The van der Waals surface area contributed by atoms with Crippen molar-refractivity contribution in [3.05, 3.63) is 77.6 Å². The van der Waals surface area contributed by atoms with Crippen molar-refractivity contribution < 1.29 is 28.5 Å². The Bertz CT molecular complexity index is 1160. The maximum atomic E-state index is 14.7. The van der Waals surface area contributed by atoms with E-state index in [1.807, 2.05) is 56.3 Å². The first-order valence-corrected chi connectivity index (χ1v) is 12.4. The van der Waals surface area contributed by atoms with Crippen LogP contribution in [0, 0.1) is 11.7 Å². The summed E-state index contributed by atoms with van der Waals surface area (Å²) < 4.78 is 32.1. The first-order chi connectivity index (χ1) is 17.3. The summed E-state index contributed by atoms with van der Waals surface area (Å²) in [5.41, 5.74) is 2.89. The molecule has 36 heavy (non-hydrogen) atoms. The third kappa shape index (κ3) is 7.23. The smallest absolute Gasteiger partial charge is 0.303 e. The zero-order valence-corrected chi connectivity index (χ0v) is 21.4. The molecule has 192 valence electrons. The fourth-order valence-electron chi connectivity index (χ4n) is 4.09. The molecule has 0 saturated heterocycles. The molecule has 0 unspecified atom stereocenters. The van der Waals surface area contributed by atoms with Gasteiger partial charge in [0.25, 0.3) is 0 Å². The maximum Gasteiger partial charge on any atom is 0.303 e. The van der Waals surface area contributed by atoms with Crippen LogP contribution in [0.4, 0.5) is 4.39 Å². The number of carboxylic acids is 1. The Kier molecular flexibility index (Phi) is 9.74. The SMILES string of the molecule is CCCCOc1cc(COc2cccc([C@H](CC(=O)O)C(C)C)c2)ccc1-c1cc(OC)ccc1F. The van der Waals surface area contributed by atoms with Crippen molar-refractivity contribution in [1.29, 1.82) is 0 Å². The molecular weight excluding hydrogens is 459 g/mol. The van der Waals surface area contributed by atoms with Crippen LogP contribution in [-0.4, -0.2) is 24.8 Å². The first-order valence-electron chi connectivity index (χ1n) is 12.4. The highest BCUT2D eigenvalue weighted by molar-refractivity contribution is 5.72. The second kappa shape index (κ2) is 13.0. The van der Waals surface area contributed by atoms with E-state index in [4.69, 9.17) is 14.2 Å². The molecule has 1 atom stereocenters. The van der Waals surface area contributed by atoms with E-state index in [0.717, 1.165) is 24.0 Å². The van der Waals surface area contributed by atoms with E-state index in [9.17, 15) is 14.3 Å². The largest absolute Gasteiger partial charge is 0.497 e. The van der Waals surface area contributed by atoms with Crippen LogP contribution in [0.25, 0.3) is 11.1 Å². The Hall–Kier alpha value is -3.54. The molecule has 0 radical (unpaired) electrons. The molecule has 5 nitrogen and oxygen atoms in total. The van der Waals surface area contributed by atoms with Gasteiger partial charge in [-0.15, -0.1) is 0 Å². The number of hydrogen-bond donors (Lipinski definition) is 1. The highest BCUT2D eigenvalue weighted by Crippen LogP contribution is 2.36. The minimum atomic E-state index is -0.816. The zero-order valence-electron chi connectivity index (χ0n) is 21.4. The number of carboxylic acid groups (broad SMARTS) is 1. The number of benzene rings is 3. The van der Waals surface area contributed by atoms with Gasteiger partial charge in [0.2, 0.25) is 0 Å². The van der Waals surface area contributed by atoms with Crippen molar-refractivity contribution in [1.82, 2.24) is 0 Å². The summed E-state index contributed by atoms with van der Waals surface area (Å²) in [6.45, 7) is 6.95. The lowest BCUT2D eigenvalue weighted by molar-refractivity contribution is -0.137.